The van der Waals surface area contributed by atoms with Crippen molar-refractivity contribution in [3.05, 3.63) is 0 Å². The molecule has 0 saturated heterocycles. The van der Waals surface area contributed by atoms with E-state index < -0.39 is 82.9 Å². The Morgan fingerprint density at radius 3 is 2.24 bits per heavy atom. The van der Waals surface area contributed by atoms with Gasteiger partial charge in [0.15, 0.2) is 12.4 Å². The van der Waals surface area contributed by atoms with E-state index in [1.165, 1.54) is 0 Å². The van der Waals surface area contributed by atoms with Gasteiger partial charge in [-0.2, -0.15) is 0 Å². The molecule has 0 aromatic carbocycles. The number of ether oxygens (including phenoxy) is 1. The second kappa shape index (κ2) is 16.1. The number of Topliss-reactive ketones (excluding diaryl/α,β-unsaturated/α-hetero) is 1. The monoisotopic (exact) mass is 635 g/mol. The van der Waals surface area contributed by atoms with Crippen LogP contribution >= 0.6 is 23.2 Å². The van der Waals surface area contributed by atoms with Gasteiger partial charge in [0.2, 0.25) is 11.5 Å². The third-order valence-electron chi connectivity index (χ3n) is 7.22. The second-order valence-electron chi connectivity index (χ2n) is 11.0. The Labute approximate surface area is 254 Å². The van der Waals surface area contributed by atoms with Gasteiger partial charge in [-0.05, 0) is 25.2 Å². The molecule has 2 amide bonds. The maximum absolute atomic E-state index is 13.5. The van der Waals surface area contributed by atoms with Crippen LogP contribution in [0.3, 0.4) is 0 Å². The van der Waals surface area contributed by atoms with Gasteiger partial charge < -0.3 is 30.4 Å². The fraction of sp³-hybridized carbons (Fsp3) is 0.741. The van der Waals surface area contributed by atoms with E-state index in [-0.39, 0.29) is 31.6 Å². The van der Waals surface area contributed by atoms with Crippen molar-refractivity contribution < 1.29 is 48.6 Å². The van der Waals surface area contributed by atoms with E-state index in [1.54, 1.807) is 20.8 Å². The maximum atomic E-state index is 13.5. The average molecular weight is 637 g/mol. The Kier molecular flexibility index (Phi) is 13.5. The molecule has 0 bridgehead atoms. The zero-order valence-electron chi connectivity index (χ0n) is 23.9. The first-order valence-corrected chi connectivity index (χ1v) is 14.8. The molecule has 13 nitrogen and oxygen atoms in total. The molecule has 1 fully saturated rings. The number of carbonyl (C=O) groups excluding carboxylic acids is 4. The highest BCUT2D eigenvalue weighted by atomic mass is 35.5. The second-order valence-corrected chi connectivity index (χ2v) is 12.1. The summed E-state index contributed by atoms with van der Waals surface area (Å²) >= 11 is 12.5. The molecule has 2 rings (SSSR count). The molecule has 1 aliphatic heterocycles. The van der Waals surface area contributed by atoms with Crippen LogP contribution in [-0.4, -0.2) is 86.5 Å². The summed E-state index contributed by atoms with van der Waals surface area (Å²) in [6.07, 6.45) is 1.06. The highest BCUT2D eigenvalue weighted by Crippen LogP contribution is 2.34. The highest BCUT2D eigenvalue weighted by molar-refractivity contribution is 6.26. The van der Waals surface area contributed by atoms with Crippen molar-refractivity contribution in [1.29, 1.82) is 0 Å². The molecule has 236 valence electrons. The van der Waals surface area contributed by atoms with Crippen LogP contribution in [0.1, 0.15) is 78.6 Å². The van der Waals surface area contributed by atoms with Crippen LogP contribution in [0.2, 0.25) is 0 Å². The van der Waals surface area contributed by atoms with E-state index in [1.807, 2.05) is 0 Å². The molecule has 0 radical (unpaired) electrons. The molecule has 3 unspecified atom stereocenters. The van der Waals surface area contributed by atoms with Gasteiger partial charge in [-0.15, -0.1) is 23.2 Å². The number of ketones is 1. The van der Waals surface area contributed by atoms with E-state index in [9.17, 15) is 33.9 Å². The van der Waals surface area contributed by atoms with Crippen LogP contribution in [0, 0.1) is 11.8 Å². The normalized spacial score (nSPS) is 25.0. The van der Waals surface area contributed by atoms with E-state index in [0.717, 1.165) is 6.42 Å². The summed E-state index contributed by atoms with van der Waals surface area (Å²) in [4.78, 5) is 79.3. The Morgan fingerprint density at radius 2 is 1.69 bits per heavy atom. The van der Waals surface area contributed by atoms with Gasteiger partial charge in [0.1, 0.15) is 6.04 Å². The molecule has 0 aromatic rings. The molecule has 15 heteroatoms. The number of nitrogens with one attached hydrogen (secondary N) is 2. The molecule has 2 aliphatic rings. The molecule has 1 aliphatic carbocycles. The van der Waals surface area contributed by atoms with E-state index in [4.69, 9.17) is 37.9 Å². The number of hydrogen-bond acceptors (Lipinski definition) is 9. The predicted molar refractivity (Wildman–Crippen MR) is 151 cm³/mol. The van der Waals surface area contributed by atoms with Crippen LogP contribution in [0.5, 0.6) is 0 Å². The minimum absolute atomic E-state index is 0.0619. The van der Waals surface area contributed by atoms with Gasteiger partial charge in [0.05, 0.1) is 30.5 Å². The standard InChI is InChI=1S/C27H39Cl2N3O10/c1-4-10-27(12-18(32-42-27)24(14(2)3)31-20(34)8-9-21(35)36)26(40)30-17(11-22(37)38)19(33)13-41-25(39)23-15(28)6-5-7-16(23)29/h14-17,23-24H,4-13H2,1-3H3,(H,30,40)(H,31,34)(H,35,36)(H,37,38)/t15?,16?,17-,23?,24-,27?/m0/s1. The van der Waals surface area contributed by atoms with Crippen LogP contribution in [0.25, 0.3) is 0 Å². The maximum Gasteiger partial charge on any atom is 0.312 e. The zero-order valence-corrected chi connectivity index (χ0v) is 25.4. The van der Waals surface area contributed by atoms with E-state index in [0.29, 0.717) is 25.0 Å². The smallest absolute Gasteiger partial charge is 0.312 e. The molecule has 0 spiro atoms. The molecular formula is C27H39Cl2N3O10. The lowest BCUT2D eigenvalue weighted by atomic mass is 9.86. The van der Waals surface area contributed by atoms with Gasteiger partial charge in [0, 0.05) is 23.6 Å². The molecular weight excluding hydrogens is 597 g/mol. The van der Waals surface area contributed by atoms with Crippen molar-refractivity contribution in [3.8, 4) is 0 Å². The molecule has 1 heterocycles. The van der Waals surface area contributed by atoms with Crippen LogP contribution in [0.15, 0.2) is 5.16 Å². The van der Waals surface area contributed by atoms with Gasteiger partial charge in [-0.3, -0.25) is 28.8 Å². The lowest BCUT2D eigenvalue weighted by molar-refractivity contribution is -0.154. The molecule has 0 aromatic heterocycles. The Morgan fingerprint density at radius 1 is 1.05 bits per heavy atom. The first-order chi connectivity index (χ1) is 19.7. The lowest BCUT2D eigenvalue weighted by Crippen LogP contribution is -2.54. The van der Waals surface area contributed by atoms with Gasteiger partial charge in [0.25, 0.3) is 5.91 Å². The van der Waals surface area contributed by atoms with Crippen LogP contribution < -0.4 is 10.6 Å². The van der Waals surface area contributed by atoms with Crippen molar-refractivity contribution in [2.24, 2.45) is 17.0 Å². The third-order valence-corrected chi connectivity index (χ3v) is 8.20. The van der Waals surface area contributed by atoms with Gasteiger partial charge in [-0.1, -0.05) is 38.8 Å². The number of rotatable bonds is 16. The largest absolute Gasteiger partial charge is 0.481 e. The van der Waals surface area contributed by atoms with E-state index >= 15 is 0 Å². The Balaban J connectivity index is 2.12. The number of esters is 1. The van der Waals surface area contributed by atoms with Gasteiger partial charge >= 0.3 is 17.9 Å². The first-order valence-electron chi connectivity index (χ1n) is 14.0. The Hall–Kier alpha value is -2.93. The number of hydrogen-bond donors (Lipinski definition) is 4. The quantitative estimate of drug-likeness (QED) is 0.144. The van der Waals surface area contributed by atoms with Crippen molar-refractivity contribution in [2.45, 2.75) is 107 Å². The number of oxime groups is 1. The zero-order chi connectivity index (χ0) is 31.6. The fourth-order valence-electron chi connectivity index (χ4n) is 4.98. The predicted octanol–water partition coefficient (Wildman–Crippen LogP) is 2.39. The summed E-state index contributed by atoms with van der Waals surface area (Å²) in [5, 5.41) is 26.4. The number of alkyl halides is 2. The number of carboxylic acids is 2. The summed E-state index contributed by atoms with van der Waals surface area (Å²) < 4.78 is 5.14. The average Bonchev–Trinajstić information content (AvgIpc) is 3.33. The SMILES string of the molecule is CCCC1(C(=O)N[C@@H](CC(=O)O)C(=O)COC(=O)C2C(Cl)CCCC2Cl)CC([C@@H](NC(=O)CCC(=O)O)C(C)C)=NO1. The molecule has 1 saturated carbocycles. The summed E-state index contributed by atoms with van der Waals surface area (Å²) in [6, 6.07) is -2.20. The third kappa shape index (κ3) is 9.82. The summed E-state index contributed by atoms with van der Waals surface area (Å²) in [5.41, 5.74) is -1.25. The number of nitrogens with zero attached hydrogens (tertiary/aromatic N) is 1. The van der Waals surface area contributed by atoms with Crippen molar-refractivity contribution in [2.75, 3.05) is 6.61 Å². The first kappa shape index (κ1) is 35.3. The number of halogens is 2. The number of carbonyl (C=O) groups is 6. The number of carboxylic acid groups (broad SMARTS) is 2. The molecule has 5 atom stereocenters. The lowest BCUT2D eigenvalue weighted by Gasteiger charge is -2.30. The topological polar surface area (TPSA) is 198 Å². The van der Waals surface area contributed by atoms with Crippen molar-refractivity contribution in [3.63, 3.8) is 0 Å². The van der Waals surface area contributed by atoms with E-state index in [2.05, 4.69) is 15.8 Å². The molecule has 4 N–H and O–H groups in total. The Bertz CT molecular complexity index is 1060. The summed E-state index contributed by atoms with van der Waals surface area (Å²) in [7, 11) is 0. The summed E-state index contributed by atoms with van der Waals surface area (Å²) in [6.45, 7) is 4.62. The fourth-order valence-corrected chi connectivity index (χ4v) is 5.92. The van der Waals surface area contributed by atoms with Crippen LogP contribution in [-0.2, 0) is 38.3 Å². The van der Waals surface area contributed by atoms with Gasteiger partial charge in [-0.25, -0.2) is 0 Å². The van der Waals surface area contributed by atoms with Crippen LogP contribution in [0.4, 0.5) is 0 Å². The number of aliphatic carboxylic acids is 2. The molecule has 42 heavy (non-hydrogen) atoms. The minimum Gasteiger partial charge on any atom is -0.481 e. The minimum atomic E-state index is -1.59. The van der Waals surface area contributed by atoms with Crippen molar-refractivity contribution >= 4 is 64.4 Å². The highest BCUT2D eigenvalue weighted by Gasteiger charge is 2.49. The number of amides is 2. The van der Waals surface area contributed by atoms with Crippen molar-refractivity contribution in [1.82, 2.24) is 10.6 Å². The summed E-state index contributed by atoms with van der Waals surface area (Å²) in [5.74, 6) is -6.41.